The van der Waals surface area contributed by atoms with Crippen LogP contribution in [0, 0.1) is 0 Å². The maximum atomic E-state index is 13.0. The number of nitrogens with one attached hydrogen (secondary N) is 1. The van der Waals surface area contributed by atoms with E-state index >= 15 is 0 Å². The van der Waals surface area contributed by atoms with Gasteiger partial charge in [-0.15, -0.1) is 0 Å². The molecule has 0 heterocycles. The molecule has 0 radical (unpaired) electrons. The second-order valence-corrected chi connectivity index (χ2v) is 9.21. The predicted molar refractivity (Wildman–Crippen MR) is 121 cm³/mol. The minimum atomic E-state index is -0.722. The molecular weight excluding hydrogens is 447 g/mol. The average Bonchev–Trinajstić information content (AvgIpc) is 2.63. The molecule has 2 aromatic carbocycles. The Hall–Kier alpha value is -1.95. The first-order valence-electron chi connectivity index (χ1n) is 9.40. The van der Waals surface area contributed by atoms with Crippen LogP contribution in [0.3, 0.4) is 0 Å². The van der Waals surface area contributed by atoms with Crippen molar-refractivity contribution in [3.63, 3.8) is 0 Å². The maximum absolute atomic E-state index is 13.0. The molecular formula is C22H25Cl3N2O3. The molecule has 0 fully saturated rings. The SMILES string of the molecule is C[C@@H](C(=O)NC(C)(C)C)N(Cc1cccc(Cl)c1)C(=O)COc1ccc(Cl)cc1Cl. The summed E-state index contributed by atoms with van der Waals surface area (Å²) in [6.45, 7) is 7.24. The second-order valence-electron chi connectivity index (χ2n) is 7.93. The number of carbonyl (C=O) groups excluding carboxylic acids is 2. The fourth-order valence-corrected chi connectivity index (χ4v) is 3.38. The number of nitrogens with zero attached hydrogens (tertiary/aromatic N) is 1. The van der Waals surface area contributed by atoms with Gasteiger partial charge < -0.3 is 15.0 Å². The van der Waals surface area contributed by atoms with Crippen molar-refractivity contribution in [1.29, 1.82) is 0 Å². The van der Waals surface area contributed by atoms with Crippen LogP contribution in [0.1, 0.15) is 33.3 Å². The highest BCUT2D eigenvalue weighted by Gasteiger charge is 2.28. The molecule has 0 aromatic heterocycles. The standard InChI is InChI=1S/C22H25Cl3N2O3/c1-14(21(29)26-22(2,3)4)27(12-15-6-5-7-16(23)10-15)20(28)13-30-19-9-8-17(24)11-18(19)25/h5-11,14H,12-13H2,1-4H3,(H,26,29)/t14-/m0/s1. The molecule has 5 nitrogen and oxygen atoms in total. The van der Waals surface area contributed by atoms with Gasteiger partial charge in [-0.2, -0.15) is 0 Å². The molecule has 0 saturated carbocycles. The van der Waals surface area contributed by atoms with Crippen LogP contribution >= 0.6 is 34.8 Å². The van der Waals surface area contributed by atoms with Gasteiger partial charge in [0.05, 0.1) is 5.02 Å². The maximum Gasteiger partial charge on any atom is 0.261 e. The lowest BCUT2D eigenvalue weighted by atomic mass is 10.1. The van der Waals surface area contributed by atoms with Crippen molar-refractivity contribution in [1.82, 2.24) is 10.2 Å². The lowest BCUT2D eigenvalue weighted by Crippen LogP contribution is -2.53. The number of ether oxygens (including phenoxy) is 1. The van der Waals surface area contributed by atoms with Crippen molar-refractivity contribution in [3.8, 4) is 5.75 Å². The molecule has 0 aliphatic carbocycles. The van der Waals surface area contributed by atoms with Gasteiger partial charge in [0.15, 0.2) is 6.61 Å². The van der Waals surface area contributed by atoms with Crippen molar-refractivity contribution in [2.24, 2.45) is 0 Å². The molecule has 1 N–H and O–H groups in total. The molecule has 30 heavy (non-hydrogen) atoms. The van der Waals surface area contributed by atoms with Crippen molar-refractivity contribution in [3.05, 3.63) is 63.1 Å². The molecule has 2 amide bonds. The molecule has 0 unspecified atom stereocenters. The summed E-state index contributed by atoms with van der Waals surface area (Å²) in [4.78, 5) is 27.2. The molecule has 162 valence electrons. The summed E-state index contributed by atoms with van der Waals surface area (Å²) in [6, 6.07) is 11.2. The van der Waals surface area contributed by atoms with Gasteiger partial charge in [0.2, 0.25) is 5.91 Å². The number of hydrogen-bond donors (Lipinski definition) is 1. The molecule has 0 aliphatic heterocycles. The smallest absolute Gasteiger partial charge is 0.261 e. The molecule has 1 atom stereocenters. The van der Waals surface area contributed by atoms with Gasteiger partial charge in [-0.1, -0.05) is 46.9 Å². The summed E-state index contributed by atoms with van der Waals surface area (Å²) < 4.78 is 5.59. The Kier molecular flexibility index (Phi) is 8.42. The number of benzene rings is 2. The first-order chi connectivity index (χ1) is 14.0. The molecule has 0 saturated heterocycles. The summed E-state index contributed by atoms with van der Waals surface area (Å²) >= 11 is 18.1. The van der Waals surface area contributed by atoms with E-state index in [9.17, 15) is 9.59 Å². The van der Waals surface area contributed by atoms with E-state index in [0.29, 0.717) is 20.8 Å². The number of carbonyl (C=O) groups is 2. The van der Waals surface area contributed by atoms with E-state index in [-0.39, 0.29) is 25.0 Å². The molecule has 0 spiro atoms. The Bertz CT molecular complexity index is 913. The van der Waals surface area contributed by atoms with Crippen molar-refractivity contribution in [2.75, 3.05) is 6.61 Å². The summed E-state index contributed by atoms with van der Waals surface area (Å²) in [5.41, 5.74) is 0.375. The number of rotatable bonds is 7. The summed E-state index contributed by atoms with van der Waals surface area (Å²) in [7, 11) is 0. The van der Waals surface area contributed by atoms with Crippen LogP contribution in [0.2, 0.25) is 15.1 Å². The van der Waals surface area contributed by atoms with Gasteiger partial charge in [0.25, 0.3) is 5.91 Å². The molecule has 8 heteroatoms. The monoisotopic (exact) mass is 470 g/mol. The van der Waals surface area contributed by atoms with E-state index < -0.39 is 11.6 Å². The van der Waals surface area contributed by atoms with Gasteiger partial charge in [-0.05, 0) is 63.6 Å². The lowest BCUT2D eigenvalue weighted by Gasteiger charge is -2.31. The summed E-state index contributed by atoms with van der Waals surface area (Å²) in [5.74, 6) is -0.288. The number of amides is 2. The minimum Gasteiger partial charge on any atom is -0.482 e. The highest BCUT2D eigenvalue weighted by Crippen LogP contribution is 2.27. The van der Waals surface area contributed by atoms with Crippen molar-refractivity contribution >= 4 is 46.6 Å². The van der Waals surface area contributed by atoms with Gasteiger partial charge >= 0.3 is 0 Å². The Morgan fingerprint density at radius 3 is 2.33 bits per heavy atom. The Morgan fingerprint density at radius 1 is 1.07 bits per heavy atom. The van der Waals surface area contributed by atoms with Crippen LogP contribution in [0.25, 0.3) is 0 Å². The van der Waals surface area contributed by atoms with Crippen LogP contribution in [-0.4, -0.2) is 34.9 Å². The summed E-state index contributed by atoms with van der Waals surface area (Å²) in [5, 5.41) is 4.22. The normalized spacial score (nSPS) is 12.2. The predicted octanol–water partition coefficient (Wildman–Crippen LogP) is 5.36. The third kappa shape index (κ3) is 7.38. The van der Waals surface area contributed by atoms with E-state index in [0.717, 1.165) is 5.56 Å². The third-order valence-electron chi connectivity index (χ3n) is 4.15. The summed E-state index contributed by atoms with van der Waals surface area (Å²) in [6.07, 6.45) is 0. The highest BCUT2D eigenvalue weighted by atomic mass is 35.5. The number of halogens is 3. The first-order valence-corrected chi connectivity index (χ1v) is 10.5. The molecule has 0 bridgehead atoms. The minimum absolute atomic E-state index is 0.204. The molecule has 2 rings (SSSR count). The van der Waals surface area contributed by atoms with Gasteiger partial charge in [-0.25, -0.2) is 0 Å². The fraction of sp³-hybridized carbons (Fsp3) is 0.364. The Morgan fingerprint density at radius 2 is 1.73 bits per heavy atom. The first kappa shape index (κ1) is 24.3. The van der Waals surface area contributed by atoms with Crippen LogP contribution in [0.5, 0.6) is 5.75 Å². The van der Waals surface area contributed by atoms with Crippen LogP contribution in [0.4, 0.5) is 0 Å². The lowest BCUT2D eigenvalue weighted by molar-refractivity contribution is -0.142. The average molecular weight is 472 g/mol. The van der Waals surface area contributed by atoms with E-state index in [2.05, 4.69) is 5.32 Å². The highest BCUT2D eigenvalue weighted by molar-refractivity contribution is 6.35. The van der Waals surface area contributed by atoms with Crippen molar-refractivity contribution in [2.45, 2.75) is 45.8 Å². The van der Waals surface area contributed by atoms with E-state index in [1.54, 1.807) is 37.3 Å². The van der Waals surface area contributed by atoms with E-state index in [1.807, 2.05) is 26.8 Å². The Balaban J connectivity index is 2.20. The van der Waals surface area contributed by atoms with Crippen LogP contribution < -0.4 is 10.1 Å². The van der Waals surface area contributed by atoms with E-state index in [4.69, 9.17) is 39.5 Å². The Labute approximate surface area is 192 Å². The van der Waals surface area contributed by atoms with E-state index in [1.165, 1.54) is 11.0 Å². The zero-order valence-electron chi connectivity index (χ0n) is 17.3. The number of hydrogen-bond acceptors (Lipinski definition) is 3. The van der Waals surface area contributed by atoms with Gasteiger partial charge in [0.1, 0.15) is 11.8 Å². The van der Waals surface area contributed by atoms with Crippen molar-refractivity contribution < 1.29 is 14.3 Å². The zero-order valence-corrected chi connectivity index (χ0v) is 19.6. The molecule has 2 aromatic rings. The second kappa shape index (κ2) is 10.4. The largest absolute Gasteiger partial charge is 0.482 e. The van der Waals surface area contributed by atoms with Gasteiger partial charge in [-0.3, -0.25) is 9.59 Å². The van der Waals surface area contributed by atoms with Crippen LogP contribution in [-0.2, 0) is 16.1 Å². The quantitative estimate of drug-likeness (QED) is 0.591. The van der Waals surface area contributed by atoms with Gasteiger partial charge in [0, 0.05) is 22.1 Å². The molecule has 0 aliphatic rings. The van der Waals surface area contributed by atoms with Crippen LogP contribution in [0.15, 0.2) is 42.5 Å². The topological polar surface area (TPSA) is 58.6 Å². The fourth-order valence-electron chi connectivity index (χ4n) is 2.70. The third-order valence-corrected chi connectivity index (χ3v) is 4.92. The zero-order chi connectivity index (χ0) is 22.5.